The molecule has 0 aliphatic heterocycles. The normalized spacial score (nSPS) is 15.2. The molecule has 0 aliphatic rings. The number of aliphatic hydroxyl groups is 1. The van der Waals surface area contributed by atoms with E-state index < -0.39 is 18.0 Å². The van der Waals surface area contributed by atoms with Gasteiger partial charge < -0.3 is 19.8 Å². The zero-order chi connectivity index (χ0) is 22.7. The van der Waals surface area contributed by atoms with Crippen LogP contribution in [0.3, 0.4) is 0 Å². The van der Waals surface area contributed by atoms with Crippen LogP contribution in [0.5, 0.6) is 0 Å². The Morgan fingerprint density at radius 3 is 2.40 bits per heavy atom. The molecule has 0 bridgehead atoms. The number of benzene rings is 1. The van der Waals surface area contributed by atoms with Gasteiger partial charge in [0, 0.05) is 31.8 Å². The number of rotatable bonds is 13. The number of ether oxygens (including phenoxy) is 1. The number of aliphatic hydroxyl groups excluding tert-OH is 1. The first-order valence-corrected chi connectivity index (χ1v) is 10.3. The van der Waals surface area contributed by atoms with Crippen LogP contribution in [0, 0.1) is 11.8 Å². The molecular formula is C24H35NO5. The van der Waals surface area contributed by atoms with Crippen molar-refractivity contribution in [1.29, 1.82) is 0 Å². The van der Waals surface area contributed by atoms with Gasteiger partial charge in [-0.2, -0.15) is 0 Å². The molecule has 30 heavy (non-hydrogen) atoms. The van der Waals surface area contributed by atoms with Crippen LogP contribution >= 0.6 is 0 Å². The fourth-order valence-corrected chi connectivity index (χ4v) is 3.68. The average Bonchev–Trinajstić information content (AvgIpc) is 2.71. The summed E-state index contributed by atoms with van der Waals surface area (Å²) in [4.78, 5) is 25.9. The molecule has 6 heteroatoms. The van der Waals surface area contributed by atoms with Crippen molar-refractivity contribution in [3.63, 3.8) is 0 Å². The number of carbonyl (C=O) groups is 2. The molecule has 1 aromatic carbocycles. The van der Waals surface area contributed by atoms with Crippen molar-refractivity contribution in [2.24, 2.45) is 11.8 Å². The van der Waals surface area contributed by atoms with Crippen LogP contribution in [-0.2, 0) is 9.53 Å². The van der Waals surface area contributed by atoms with E-state index in [0.717, 1.165) is 18.4 Å². The van der Waals surface area contributed by atoms with Crippen molar-refractivity contribution in [3.8, 4) is 0 Å². The Bertz CT molecular complexity index is 713. The van der Waals surface area contributed by atoms with Crippen LogP contribution in [0.4, 0.5) is 0 Å². The highest BCUT2D eigenvalue weighted by molar-refractivity contribution is 5.87. The monoisotopic (exact) mass is 417 g/mol. The highest BCUT2D eigenvalue weighted by atomic mass is 16.5. The predicted octanol–water partition coefficient (Wildman–Crippen LogP) is 4.08. The van der Waals surface area contributed by atoms with Gasteiger partial charge in [-0.3, -0.25) is 4.79 Å². The Labute approximate surface area is 179 Å². The van der Waals surface area contributed by atoms with Gasteiger partial charge in [-0.25, -0.2) is 4.79 Å². The van der Waals surface area contributed by atoms with Crippen LogP contribution in [-0.4, -0.2) is 53.8 Å². The van der Waals surface area contributed by atoms with E-state index in [2.05, 4.69) is 20.4 Å². The summed E-state index contributed by atoms with van der Waals surface area (Å²) in [5, 5.41) is 19.8. The van der Waals surface area contributed by atoms with Crippen molar-refractivity contribution in [2.45, 2.75) is 45.1 Å². The molecule has 2 N–H and O–H groups in total. The van der Waals surface area contributed by atoms with Crippen molar-refractivity contribution in [3.05, 3.63) is 60.4 Å². The van der Waals surface area contributed by atoms with Gasteiger partial charge in [0.05, 0.1) is 25.0 Å². The second kappa shape index (κ2) is 12.9. The summed E-state index contributed by atoms with van der Waals surface area (Å²) in [6, 6.07) is 6.42. The fraction of sp³-hybridized carbons (Fsp3) is 0.500. The number of carboxylic acid groups (broad SMARTS) is 1. The minimum Gasteiger partial charge on any atom is -0.505 e. The number of carboxylic acids is 1. The molecular weight excluding hydrogens is 382 g/mol. The lowest BCUT2D eigenvalue weighted by atomic mass is 9.79. The summed E-state index contributed by atoms with van der Waals surface area (Å²) in [7, 11) is 3.29. The predicted molar refractivity (Wildman–Crippen MR) is 118 cm³/mol. The maximum atomic E-state index is 13.0. The molecule has 1 rings (SSSR count). The number of hydrogen-bond donors (Lipinski definition) is 2. The number of aromatic carboxylic acids is 1. The molecule has 0 radical (unpaired) electrons. The Balaban J connectivity index is 3.15. The quantitative estimate of drug-likeness (QED) is 0.373. The minimum absolute atomic E-state index is 0.0277. The molecule has 6 nitrogen and oxygen atoms in total. The molecule has 1 amide bonds. The fourth-order valence-electron chi connectivity index (χ4n) is 3.68. The molecule has 0 saturated carbocycles. The minimum atomic E-state index is -1.01. The largest absolute Gasteiger partial charge is 0.505 e. The molecule has 1 aromatic rings. The van der Waals surface area contributed by atoms with E-state index in [1.165, 1.54) is 31.6 Å². The molecule has 0 aromatic heterocycles. The van der Waals surface area contributed by atoms with Crippen LogP contribution in [0.15, 0.2) is 49.3 Å². The van der Waals surface area contributed by atoms with Gasteiger partial charge in [-0.1, -0.05) is 38.5 Å². The summed E-state index contributed by atoms with van der Waals surface area (Å²) in [5.41, 5.74) is 0.947. The van der Waals surface area contributed by atoms with Crippen LogP contribution in [0.1, 0.15) is 54.9 Å². The Kier molecular flexibility index (Phi) is 10.9. The van der Waals surface area contributed by atoms with E-state index in [1.54, 1.807) is 30.2 Å². The van der Waals surface area contributed by atoms with Crippen molar-refractivity contribution in [2.75, 3.05) is 20.7 Å². The zero-order valence-electron chi connectivity index (χ0n) is 18.5. The molecule has 0 aliphatic carbocycles. The lowest BCUT2D eigenvalue weighted by molar-refractivity contribution is -0.131. The SMILES string of the molecule is C=CC(C(O)/C=C/OC)C(CC(=O)N(C)CC(C)CCC)c1ccc(C(=O)O)cc1. The molecule has 0 saturated heterocycles. The number of amides is 1. The van der Waals surface area contributed by atoms with Crippen LogP contribution in [0.25, 0.3) is 0 Å². The molecule has 0 spiro atoms. The summed E-state index contributed by atoms with van der Waals surface area (Å²) in [5.74, 6) is -1.44. The third kappa shape index (κ3) is 7.67. The number of hydrogen-bond acceptors (Lipinski definition) is 4. The first-order chi connectivity index (χ1) is 14.2. The third-order valence-corrected chi connectivity index (χ3v) is 5.32. The number of methoxy groups -OCH3 is 1. The summed E-state index contributed by atoms with van der Waals surface area (Å²) >= 11 is 0. The van der Waals surface area contributed by atoms with Gasteiger partial charge in [0.25, 0.3) is 0 Å². The van der Waals surface area contributed by atoms with Gasteiger partial charge in [-0.15, -0.1) is 6.58 Å². The molecule has 0 heterocycles. The number of nitrogens with zero attached hydrogens (tertiary/aromatic N) is 1. The van der Waals surface area contributed by atoms with Gasteiger partial charge in [0.2, 0.25) is 5.91 Å². The standard InChI is InChI=1S/C24H35NO5/c1-6-8-17(3)16-25(4)23(27)15-21(20(7-2)22(26)13-14-30-5)18-9-11-19(12-10-18)24(28)29/h7,9-14,17,20-22,26H,2,6,8,15-16H2,1,3-5H3,(H,28,29)/b14-13+. The summed E-state index contributed by atoms with van der Waals surface area (Å²) in [6.45, 7) is 8.77. The Morgan fingerprint density at radius 1 is 1.27 bits per heavy atom. The third-order valence-electron chi connectivity index (χ3n) is 5.32. The first kappa shape index (κ1) is 25.4. The van der Waals surface area contributed by atoms with E-state index in [0.29, 0.717) is 12.5 Å². The van der Waals surface area contributed by atoms with Crippen LogP contribution in [0.2, 0.25) is 0 Å². The van der Waals surface area contributed by atoms with E-state index >= 15 is 0 Å². The Morgan fingerprint density at radius 2 is 1.90 bits per heavy atom. The number of carbonyl (C=O) groups excluding carboxylic acids is 1. The highest BCUT2D eigenvalue weighted by Crippen LogP contribution is 2.33. The van der Waals surface area contributed by atoms with Crippen LogP contribution < -0.4 is 0 Å². The van der Waals surface area contributed by atoms with Crippen molar-refractivity contribution in [1.82, 2.24) is 4.90 Å². The molecule has 4 atom stereocenters. The van der Waals surface area contributed by atoms with Gasteiger partial charge in [-0.05, 0) is 36.1 Å². The topological polar surface area (TPSA) is 87.1 Å². The molecule has 166 valence electrons. The smallest absolute Gasteiger partial charge is 0.335 e. The van der Waals surface area contributed by atoms with Crippen molar-refractivity contribution >= 4 is 11.9 Å². The molecule has 4 unspecified atom stereocenters. The summed E-state index contributed by atoms with van der Waals surface area (Å²) < 4.78 is 4.91. The highest BCUT2D eigenvalue weighted by Gasteiger charge is 2.29. The summed E-state index contributed by atoms with van der Waals surface area (Å²) in [6.07, 6.45) is 5.94. The lowest BCUT2D eigenvalue weighted by Gasteiger charge is -2.30. The average molecular weight is 418 g/mol. The van der Waals surface area contributed by atoms with E-state index in [1.807, 2.05) is 0 Å². The zero-order valence-corrected chi connectivity index (χ0v) is 18.5. The van der Waals surface area contributed by atoms with Crippen molar-refractivity contribution < 1.29 is 24.5 Å². The van der Waals surface area contributed by atoms with E-state index in [9.17, 15) is 14.7 Å². The van der Waals surface area contributed by atoms with Gasteiger partial charge in [0.15, 0.2) is 0 Å². The van der Waals surface area contributed by atoms with Gasteiger partial charge in [0.1, 0.15) is 0 Å². The second-order valence-corrected chi connectivity index (χ2v) is 7.77. The maximum Gasteiger partial charge on any atom is 0.335 e. The maximum absolute atomic E-state index is 13.0. The molecule has 0 fully saturated rings. The van der Waals surface area contributed by atoms with E-state index in [-0.39, 0.29) is 23.8 Å². The second-order valence-electron chi connectivity index (χ2n) is 7.77. The first-order valence-electron chi connectivity index (χ1n) is 10.3. The van der Waals surface area contributed by atoms with Gasteiger partial charge >= 0.3 is 5.97 Å². The lowest BCUT2D eigenvalue weighted by Crippen LogP contribution is -2.34. The van der Waals surface area contributed by atoms with E-state index in [4.69, 9.17) is 9.84 Å². The Hall–Kier alpha value is -2.60.